The van der Waals surface area contributed by atoms with E-state index in [0.29, 0.717) is 6.54 Å². The Balaban J connectivity index is 1.76. The Bertz CT molecular complexity index is 978. The Kier molecular flexibility index (Phi) is 4.74. The molecule has 0 radical (unpaired) electrons. The zero-order valence-corrected chi connectivity index (χ0v) is 15.8. The summed E-state index contributed by atoms with van der Waals surface area (Å²) in [6, 6.07) is 17.3. The maximum Gasteiger partial charge on any atom is 0.266 e. The molecular weight excluding hydrogens is 350 g/mol. The average molecular weight is 373 g/mol. The summed E-state index contributed by atoms with van der Waals surface area (Å²) >= 11 is 0. The molecule has 0 fully saturated rings. The minimum Gasteiger partial charge on any atom is -0.497 e. The Labute approximate surface area is 164 Å². The standard InChI is InChI=1S/C23H23N3O2/c1-28-20-14-8-9-17(15-20)16-26-21(27)23(25-22(26)24,18-10-4-2-5-11-18)19-12-6-3-7-13-19/h2,4-6,8-15H,3,7,16H2,1H3,(H2,24,25). The number of aliphatic imine (C=N–C) groups is 1. The van der Waals surface area contributed by atoms with Crippen LogP contribution >= 0.6 is 0 Å². The first-order valence-corrected chi connectivity index (χ1v) is 9.38. The number of methoxy groups -OCH3 is 1. The molecule has 28 heavy (non-hydrogen) atoms. The van der Waals surface area contributed by atoms with Crippen molar-refractivity contribution in [2.45, 2.75) is 24.9 Å². The van der Waals surface area contributed by atoms with Crippen molar-refractivity contribution in [1.82, 2.24) is 4.90 Å². The SMILES string of the molecule is COc1cccc(CN2C(=O)C(C3=CCCC=C3)(c3ccccc3)N=C2N)c1. The van der Waals surface area contributed by atoms with E-state index in [1.165, 1.54) is 0 Å². The van der Waals surface area contributed by atoms with E-state index in [-0.39, 0.29) is 11.9 Å². The lowest BCUT2D eigenvalue weighted by Crippen LogP contribution is -2.43. The van der Waals surface area contributed by atoms with Crippen molar-refractivity contribution >= 4 is 11.9 Å². The van der Waals surface area contributed by atoms with Gasteiger partial charge in [-0.2, -0.15) is 0 Å². The topological polar surface area (TPSA) is 67.9 Å². The molecule has 1 aliphatic carbocycles. The quantitative estimate of drug-likeness (QED) is 0.872. The van der Waals surface area contributed by atoms with Crippen LogP contribution in [-0.2, 0) is 16.9 Å². The Morgan fingerprint density at radius 3 is 2.68 bits per heavy atom. The molecule has 0 bridgehead atoms. The number of ether oxygens (including phenoxy) is 1. The number of rotatable bonds is 5. The number of carbonyl (C=O) groups is 1. The highest BCUT2D eigenvalue weighted by molar-refractivity contribution is 6.09. The number of hydrogen-bond donors (Lipinski definition) is 1. The summed E-state index contributed by atoms with van der Waals surface area (Å²) in [4.78, 5) is 20.0. The van der Waals surface area contributed by atoms with Crippen LogP contribution in [0.5, 0.6) is 5.75 Å². The molecule has 1 atom stereocenters. The summed E-state index contributed by atoms with van der Waals surface area (Å²) in [5, 5.41) is 0. The highest BCUT2D eigenvalue weighted by Crippen LogP contribution is 2.42. The van der Waals surface area contributed by atoms with E-state index < -0.39 is 5.54 Å². The minimum absolute atomic E-state index is 0.128. The first kappa shape index (κ1) is 18.0. The number of amides is 1. The average Bonchev–Trinajstić information content (AvgIpc) is 3.01. The van der Waals surface area contributed by atoms with Gasteiger partial charge >= 0.3 is 0 Å². The number of nitrogens with two attached hydrogens (primary N) is 1. The summed E-state index contributed by atoms with van der Waals surface area (Å²) in [5.41, 5.74) is 7.80. The minimum atomic E-state index is -1.12. The Morgan fingerprint density at radius 2 is 1.96 bits per heavy atom. The van der Waals surface area contributed by atoms with Gasteiger partial charge in [-0.1, -0.05) is 60.7 Å². The molecule has 0 aromatic heterocycles. The van der Waals surface area contributed by atoms with Gasteiger partial charge in [-0.15, -0.1) is 0 Å². The summed E-state index contributed by atoms with van der Waals surface area (Å²) in [7, 11) is 1.62. The third-order valence-electron chi connectivity index (χ3n) is 5.19. The van der Waals surface area contributed by atoms with Gasteiger partial charge in [0.25, 0.3) is 5.91 Å². The maximum atomic E-state index is 13.7. The van der Waals surface area contributed by atoms with Gasteiger partial charge in [0.15, 0.2) is 11.5 Å². The van der Waals surface area contributed by atoms with E-state index in [1.54, 1.807) is 12.0 Å². The molecule has 2 aliphatic rings. The van der Waals surface area contributed by atoms with E-state index >= 15 is 0 Å². The molecule has 5 heteroatoms. The fourth-order valence-corrected chi connectivity index (χ4v) is 3.79. The molecule has 4 rings (SSSR count). The monoisotopic (exact) mass is 373 g/mol. The normalized spacial score (nSPS) is 21.5. The van der Waals surface area contributed by atoms with E-state index in [1.807, 2.05) is 60.7 Å². The first-order chi connectivity index (χ1) is 13.6. The predicted molar refractivity (Wildman–Crippen MR) is 110 cm³/mol. The summed E-state index contributed by atoms with van der Waals surface area (Å²) in [6.45, 7) is 0.344. The van der Waals surface area contributed by atoms with Crippen LogP contribution < -0.4 is 10.5 Å². The lowest BCUT2D eigenvalue weighted by atomic mass is 9.80. The molecule has 5 nitrogen and oxygen atoms in total. The van der Waals surface area contributed by atoms with Gasteiger partial charge in [0.1, 0.15) is 5.75 Å². The van der Waals surface area contributed by atoms with Crippen LogP contribution in [0.25, 0.3) is 0 Å². The van der Waals surface area contributed by atoms with Crippen molar-refractivity contribution in [3.05, 3.63) is 89.5 Å². The van der Waals surface area contributed by atoms with Crippen LogP contribution in [0.2, 0.25) is 0 Å². The van der Waals surface area contributed by atoms with Gasteiger partial charge in [-0.25, -0.2) is 4.99 Å². The summed E-state index contributed by atoms with van der Waals surface area (Å²) in [5.74, 6) is 0.847. The largest absolute Gasteiger partial charge is 0.497 e. The van der Waals surface area contributed by atoms with Gasteiger partial charge in [0.05, 0.1) is 13.7 Å². The second-order valence-corrected chi connectivity index (χ2v) is 6.93. The molecule has 2 aromatic rings. The van der Waals surface area contributed by atoms with Gasteiger partial charge in [-0.05, 0) is 41.7 Å². The number of guanidine groups is 1. The van der Waals surface area contributed by atoms with Crippen molar-refractivity contribution in [3.63, 3.8) is 0 Å². The lowest BCUT2D eigenvalue weighted by Gasteiger charge is -2.29. The van der Waals surface area contributed by atoms with Gasteiger partial charge in [0, 0.05) is 0 Å². The highest BCUT2D eigenvalue weighted by Gasteiger charge is 2.51. The van der Waals surface area contributed by atoms with Crippen LogP contribution in [0, 0.1) is 0 Å². The van der Waals surface area contributed by atoms with Crippen molar-refractivity contribution < 1.29 is 9.53 Å². The predicted octanol–water partition coefficient (Wildman–Crippen LogP) is 3.52. The molecule has 1 unspecified atom stereocenters. The van der Waals surface area contributed by atoms with Crippen LogP contribution in [0.1, 0.15) is 24.0 Å². The van der Waals surface area contributed by atoms with E-state index in [9.17, 15) is 4.79 Å². The molecule has 1 amide bonds. The molecule has 0 saturated carbocycles. The second-order valence-electron chi connectivity index (χ2n) is 6.93. The fourth-order valence-electron chi connectivity index (χ4n) is 3.79. The van der Waals surface area contributed by atoms with Crippen molar-refractivity contribution in [2.75, 3.05) is 7.11 Å². The van der Waals surface area contributed by atoms with Gasteiger partial charge in [0.2, 0.25) is 0 Å². The lowest BCUT2D eigenvalue weighted by molar-refractivity contribution is -0.130. The van der Waals surface area contributed by atoms with E-state index in [2.05, 4.69) is 12.2 Å². The number of hydrogen-bond acceptors (Lipinski definition) is 4. The molecule has 142 valence electrons. The molecule has 2 N–H and O–H groups in total. The number of allylic oxidation sites excluding steroid dienone is 2. The number of benzene rings is 2. The van der Waals surface area contributed by atoms with Crippen LogP contribution in [0.15, 0.2) is 83.4 Å². The molecule has 1 heterocycles. The maximum absolute atomic E-state index is 13.7. The Morgan fingerprint density at radius 1 is 1.14 bits per heavy atom. The smallest absolute Gasteiger partial charge is 0.266 e. The molecule has 0 spiro atoms. The van der Waals surface area contributed by atoms with Crippen LogP contribution in [0.3, 0.4) is 0 Å². The fraction of sp³-hybridized carbons (Fsp3) is 0.217. The van der Waals surface area contributed by atoms with Crippen molar-refractivity contribution in [3.8, 4) is 5.75 Å². The zero-order chi connectivity index (χ0) is 19.6. The molecule has 0 saturated heterocycles. The van der Waals surface area contributed by atoms with Gasteiger partial charge < -0.3 is 10.5 Å². The van der Waals surface area contributed by atoms with Crippen molar-refractivity contribution in [1.29, 1.82) is 0 Å². The van der Waals surface area contributed by atoms with Crippen molar-refractivity contribution in [2.24, 2.45) is 10.7 Å². The van der Waals surface area contributed by atoms with Crippen LogP contribution in [-0.4, -0.2) is 23.9 Å². The molecular formula is C23H23N3O2. The zero-order valence-electron chi connectivity index (χ0n) is 15.8. The molecule has 1 aliphatic heterocycles. The van der Waals surface area contributed by atoms with Gasteiger partial charge in [-0.3, -0.25) is 9.69 Å². The second kappa shape index (κ2) is 7.35. The number of nitrogens with zero attached hydrogens (tertiary/aromatic N) is 2. The van der Waals surface area contributed by atoms with E-state index in [0.717, 1.165) is 35.3 Å². The van der Waals surface area contributed by atoms with Crippen LogP contribution in [0.4, 0.5) is 0 Å². The molecule has 2 aromatic carbocycles. The highest BCUT2D eigenvalue weighted by atomic mass is 16.5. The number of carbonyl (C=O) groups excluding carboxylic acids is 1. The first-order valence-electron chi connectivity index (χ1n) is 9.38. The summed E-state index contributed by atoms with van der Waals surface area (Å²) < 4.78 is 5.30. The third kappa shape index (κ3) is 2.99. The Hall–Kier alpha value is -3.34. The third-order valence-corrected chi connectivity index (χ3v) is 5.19. The van der Waals surface area contributed by atoms with E-state index in [4.69, 9.17) is 15.5 Å². The summed E-state index contributed by atoms with van der Waals surface area (Å²) in [6.07, 6.45) is 8.04.